The molecule has 0 spiro atoms. The van der Waals surface area contributed by atoms with E-state index in [4.69, 9.17) is 9.47 Å². The molecule has 0 saturated carbocycles. The minimum Gasteiger partial charge on any atom is -0.444 e. The van der Waals surface area contributed by atoms with Crippen molar-refractivity contribution < 1.29 is 14.3 Å². The maximum absolute atomic E-state index is 12.0. The molecular weight excluding hydrogens is 246 g/mol. The first kappa shape index (κ1) is 15.5. The molecule has 1 unspecified atom stereocenters. The quantitative estimate of drug-likeness (QED) is 0.575. The normalized spacial score (nSPS) is 19.7. The lowest BCUT2D eigenvalue weighted by molar-refractivity contribution is -0.0485. The van der Waals surface area contributed by atoms with Gasteiger partial charge in [0.25, 0.3) is 0 Å². The van der Waals surface area contributed by atoms with Gasteiger partial charge in [-0.1, -0.05) is 6.58 Å². The van der Waals surface area contributed by atoms with E-state index >= 15 is 0 Å². The van der Waals surface area contributed by atoms with E-state index in [1.54, 1.807) is 16.1 Å². The van der Waals surface area contributed by atoms with Gasteiger partial charge in [0.05, 0.1) is 25.8 Å². The highest BCUT2D eigenvalue weighted by Crippen LogP contribution is 2.13. The molecule has 1 saturated heterocycles. The third-order valence-corrected chi connectivity index (χ3v) is 2.57. The van der Waals surface area contributed by atoms with Crippen molar-refractivity contribution in [3.63, 3.8) is 0 Å². The number of amides is 1. The number of carbonyl (C=O) groups is 1. The number of ether oxygens (including phenoxy) is 2. The van der Waals surface area contributed by atoms with E-state index < -0.39 is 5.60 Å². The molecule has 0 radical (unpaired) electrons. The van der Waals surface area contributed by atoms with Crippen molar-refractivity contribution in [2.24, 2.45) is 5.10 Å². The maximum atomic E-state index is 12.0. The molecule has 0 aromatic carbocycles. The summed E-state index contributed by atoms with van der Waals surface area (Å²) in [6.07, 6.45) is 1.14. The van der Waals surface area contributed by atoms with E-state index in [-0.39, 0.29) is 12.2 Å². The second-order valence-electron chi connectivity index (χ2n) is 5.37. The summed E-state index contributed by atoms with van der Waals surface area (Å²) < 4.78 is 10.9. The molecule has 1 fully saturated rings. The minimum atomic E-state index is -0.485. The Hall–Kier alpha value is -1.56. The smallest absolute Gasteiger partial charge is 0.410 e. The molecule has 1 amide bonds. The summed E-state index contributed by atoms with van der Waals surface area (Å²) in [6.45, 7) is 14.7. The predicted molar refractivity (Wildman–Crippen MR) is 74.0 cm³/mol. The van der Waals surface area contributed by atoms with E-state index in [1.165, 1.54) is 0 Å². The molecule has 0 bridgehead atoms. The first-order valence-electron chi connectivity index (χ1n) is 6.31. The average molecular weight is 269 g/mol. The van der Waals surface area contributed by atoms with Crippen LogP contribution in [0.25, 0.3) is 0 Å². The van der Waals surface area contributed by atoms with Gasteiger partial charge in [-0.2, -0.15) is 5.10 Å². The van der Waals surface area contributed by atoms with Crippen molar-refractivity contribution in [2.75, 3.05) is 26.2 Å². The molecule has 6 nitrogen and oxygen atoms in total. The summed E-state index contributed by atoms with van der Waals surface area (Å²) in [7, 11) is 0. The Balaban J connectivity index is 2.52. The van der Waals surface area contributed by atoms with E-state index in [0.29, 0.717) is 26.2 Å². The Bertz CT molecular complexity index is 331. The molecule has 108 valence electrons. The van der Waals surface area contributed by atoms with Crippen molar-refractivity contribution in [1.82, 2.24) is 9.91 Å². The van der Waals surface area contributed by atoms with E-state index in [0.717, 1.165) is 0 Å². The van der Waals surface area contributed by atoms with Crippen molar-refractivity contribution in [2.45, 2.75) is 32.5 Å². The van der Waals surface area contributed by atoms with Gasteiger partial charge in [-0.25, -0.2) is 4.79 Å². The molecule has 1 atom stereocenters. The predicted octanol–water partition coefficient (Wildman–Crippen LogP) is 1.68. The van der Waals surface area contributed by atoms with Gasteiger partial charge in [-0.05, 0) is 20.8 Å². The van der Waals surface area contributed by atoms with Crippen molar-refractivity contribution in [3.8, 4) is 0 Å². The Morgan fingerprint density at radius 1 is 1.63 bits per heavy atom. The van der Waals surface area contributed by atoms with Gasteiger partial charge in [-0.3, -0.25) is 5.01 Å². The Labute approximate surface area is 114 Å². The van der Waals surface area contributed by atoms with Gasteiger partial charge in [0.15, 0.2) is 0 Å². The lowest BCUT2D eigenvalue weighted by Gasteiger charge is -2.35. The highest BCUT2D eigenvalue weighted by Gasteiger charge is 2.28. The maximum Gasteiger partial charge on any atom is 0.410 e. The summed E-state index contributed by atoms with van der Waals surface area (Å²) in [4.78, 5) is 13.6. The molecule has 1 rings (SSSR count). The highest BCUT2D eigenvalue weighted by molar-refractivity contribution is 5.68. The van der Waals surface area contributed by atoms with Crippen molar-refractivity contribution in [3.05, 3.63) is 12.8 Å². The second-order valence-corrected chi connectivity index (χ2v) is 5.37. The van der Waals surface area contributed by atoms with Crippen LogP contribution in [0.4, 0.5) is 4.79 Å². The minimum absolute atomic E-state index is 0.121. The lowest BCUT2D eigenvalue weighted by Crippen LogP contribution is -2.49. The number of hydrogen-bond acceptors (Lipinski definition) is 5. The molecule has 19 heavy (non-hydrogen) atoms. The third-order valence-electron chi connectivity index (χ3n) is 2.57. The van der Waals surface area contributed by atoms with Gasteiger partial charge in [0.2, 0.25) is 0 Å². The molecule has 0 aromatic heterocycles. The third kappa shape index (κ3) is 5.30. The Morgan fingerprint density at radius 3 is 2.84 bits per heavy atom. The summed E-state index contributed by atoms with van der Waals surface area (Å²) in [5.74, 6) is 0. The number of hydrazone groups is 1. The summed E-state index contributed by atoms with van der Waals surface area (Å²) in [5, 5.41) is 5.37. The highest BCUT2D eigenvalue weighted by atomic mass is 16.6. The number of nitrogens with zero attached hydrogens (tertiary/aromatic N) is 3. The number of carbonyl (C=O) groups excluding carboxylic acids is 1. The zero-order chi connectivity index (χ0) is 14.5. The van der Waals surface area contributed by atoms with Gasteiger partial charge >= 0.3 is 6.09 Å². The lowest BCUT2D eigenvalue weighted by atomic mass is 10.2. The molecule has 1 aliphatic heterocycles. The molecule has 1 aliphatic rings. The van der Waals surface area contributed by atoms with Crippen LogP contribution in [-0.2, 0) is 9.47 Å². The monoisotopic (exact) mass is 269 g/mol. The fourth-order valence-electron chi connectivity index (χ4n) is 1.72. The van der Waals surface area contributed by atoms with Crippen molar-refractivity contribution in [1.29, 1.82) is 0 Å². The Kier molecular flexibility index (Phi) is 5.35. The van der Waals surface area contributed by atoms with Crippen LogP contribution in [0, 0.1) is 0 Å². The fraction of sp³-hybridized carbons (Fsp3) is 0.692. The number of rotatable bonds is 4. The van der Waals surface area contributed by atoms with Crippen LogP contribution in [0.15, 0.2) is 17.9 Å². The zero-order valence-corrected chi connectivity index (χ0v) is 12.0. The van der Waals surface area contributed by atoms with Crippen LogP contribution < -0.4 is 0 Å². The van der Waals surface area contributed by atoms with E-state index in [1.807, 2.05) is 20.8 Å². The zero-order valence-electron chi connectivity index (χ0n) is 12.0. The van der Waals surface area contributed by atoms with Gasteiger partial charge in [0, 0.05) is 19.5 Å². The average Bonchev–Trinajstić information content (AvgIpc) is 2.34. The van der Waals surface area contributed by atoms with Gasteiger partial charge in [-0.15, -0.1) is 0 Å². The summed E-state index contributed by atoms with van der Waals surface area (Å²) in [6, 6.07) is 0. The summed E-state index contributed by atoms with van der Waals surface area (Å²) >= 11 is 0. The molecule has 0 aliphatic carbocycles. The largest absolute Gasteiger partial charge is 0.444 e. The van der Waals surface area contributed by atoms with Crippen LogP contribution in [-0.4, -0.2) is 60.7 Å². The molecule has 0 N–H and O–H groups in total. The Morgan fingerprint density at radius 2 is 2.32 bits per heavy atom. The molecule has 6 heteroatoms. The van der Waals surface area contributed by atoms with Crippen LogP contribution in [0.2, 0.25) is 0 Å². The molecule has 1 heterocycles. The summed E-state index contributed by atoms with van der Waals surface area (Å²) in [5.41, 5.74) is -0.485. The standard InChI is InChI=1S/C13H23N3O3/c1-6-16(14-5)10-11-9-15(7-8-18-11)12(17)19-13(2,3)4/h6,11H,1,5,7-10H2,2-4H3. The SMILES string of the molecule is C=CN(CC1CN(C(=O)OC(C)(C)C)CCO1)N=C. The van der Waals surface area contributed by atoms with Gasteiger partial charge in [0.1, 0.15) is 5.60 Å². The van der Waals surface area contributed by atoms with Crippen LogP contribution >= 0.6 is 0 Å². The van der Waals surface area contributed by atoms with Crippen LogP contribution in [0.5, 0.6) is 0 Å². The van der Waals surface area contributed by atoms with Crippen LogP contribution in [0.1, 0.15) is 20.8 Å². The van der Waals surface area contributed by atoms with Crippen LogP contribution in [0.3, 0.4) is 0 Å². The first-order valence-corrected chi connectivity index (χ1v) is 6.31. The van der Waals surface area contributed by atoms with Crippen molar-refractivity contribution >= 4 is 12.8 Å². The topological polar surface area (TPSA) is 54.4 Å². The molecule has 0 aromatic rings. The first-order chi connectivity index (χ1) is 8.85. The number of hydrogen-bond donors (Lipinski definition) is 0. The second kappa shape index (κ2) is 6.56. The molecular formula is C13H23N3O3. The number of morpholine rings is 1. The van der Waals surface area contributed by atoms with E-state index in [9.17, 15) is 4.79 Å². The fourth-order valence-corrected chi connectivity index (χ4v) is 1.72. The van der Waals surface area contributed by atoms with Gasteiger partial charge < -0.3 is 14.4 Å². The van der Waals surface area contributed by atoms with E-state index in [2.05, 4.69) is 18.4 Å².